The van der Waals surface area contributed by atoms with Gasteiger partial charge in [0.05, 0.1) is 17.2 Å². The first-order valence-corrected chi connectivity index (χ1v) is 4.66. The van der Waals surface area contributed by atoms with Crippen molar-refractivity contribution in [3.8, 4) is 0 Å². The van der Waals surface area contributed by atoms with Crippen LogP contribution in [-0.2, 0) is 4.79 Å². The summed E-state index contributed by atoms with van der Waals surface area (Å²) in [7, 11) is 0. The average molecular weight is 227 g/mol. The SMILES string of the molecule is CC1=CC(=O)C2C=CC=C(C(F)(F)F)C2=N1. The maximum Gasteiger partial charge on any atom is 0.418 e. The Morgan fingerprint density at radius 1 is 1.38 bits per heavy atom. The molecule has 2 aliphatic rings. The van der Waals surface area contributed by atoms with Crippen molar-refractivity contribution in [3.05, 3.63) is 35.6 Å². The van der Waals surface area contributed by atoms with Crippen LogP contribution in [0.1, 0.15) is 6.92 Å². The molecule has 1 aliphatic carbocycles. The number of carbonyl (C=O) groups is 1. The summed E-state index contributed by atoms with van der Waals surface area (Å²) in [4.78, 5) is 15.3. The third-order valence-corrected chi connectivity index (χ3v) is 2.40. The summed E-state index contributed by atoms with van der Waals surface area (Å²) in [5, 5.41) is 0. The largest absolute Gasteiger partial charge is 0.418 e. The molecule has 84 valence electrons. The lowest BCUT2D eigenvalue weighted by molar-refractivity contribution is -0.115. The van der Waals surface area contributed by atoms with E-state index in [4.69, 9.17) is 0 Å². The van der Waals surface area contributed by atoms with Gasteiger partial charge in [-0.05, 0) is 13.0 Å². The predicted octanol–water partition coefficient (Wildman–Crippen LogP) is 2.59. The smallest absolute Gasteiger partial charge is 0.294 e. The third-order valence-electron chi connectivity index (χ3n) is 2.40. The number of aliphatic imine (C=N–C) groups is 1. The van der Waals surface area contributed by atoms with Crippen LogP contribution in [-0.4, -0.2) is 17.7 Å². The zero-order valence-corrected chi connectivity index (χ0v) is 8.38. The van der Waals surface area contributed by atoms with E-state index in [0.717, 1.165) is 6.08 Å². The molecule has 0 bridgehead atoms. The lowest BCUT2D eigenvalue weighted by Gasteiger charge is -2.24. The highest BCUT2D eigenvalue weighted by atomic mass is 19.4. The van der Waals surface area contributed by atoms with Gasteiger partial charge in [-0.25, -0.2) is 0 Å². The molecule has 1 unspecified atom stereocenters. The van der Waals surface area contributed by atoms with Gasteiger partial charge in [0.25, 0.3) is 0 Å². The van der Waals surface area contributed by atoms with Gasteiger partial charge in [0.1, 0.15) is 0 Å². The molecular formula is C11H8F3NO. The van der Waals surface area contributed by atoms with Crippen LogP contribution in [0, 0.1) is 5.92 Å². The van der Waals surface area contributed by atoms with Crippen LogP contribution in [0.3, 0.4) is 0 Å². The molecule has 0 fully saturated rings. The highest BCUT2D eigenvalue weighted by Crippen LogP contribution is 2.34. The maximum absolute atomic E-state index is 12.7. The Bertz CT molecular complexity index is 466. The van der Waals surface area contributed by atoms with Gasteiger partial charge in [-0.3, -0.25) is 9.79 Å². The number of carbonyl (C=O) groups excluding carboxylic acids is 1. The zero-order chi connectivity index (χ0) is 11.9. The first-order chi connectivity index (χ1) is 7.39. The summed E-state index contributed by atoms with van der Waals surface area (Å²) < 4.78 is 38.0. The number of alkyl halides is 3. The van der Waals surface area contributed by atoms with Gasteiger partial charge >= 0.3 is 6.18 Å². The number of allylic oxidation sites excluding steroid dienone is 6. The summed E-state index contributed by atoms with van der Waals surface area (Å²) in [5.74, 6) is -1.24. The number of halogens is 3. The minimum Gasteiger partial charge on any atom is -0.294 e. The summed E-state index contributed by atoms with van der Waals surface area (Å²) in [6, 6.07) is 0. The Balaban J connectivity index is 2.51. The standard InChI is InChI=1S/C11H8F3NO/c1-6-5-9(16)7-3-2-4-8(10(7)15-6)11(12,13)14/h2-5,7H,1H3. The fourth-order valence-corrected chi connectivity index (χ4v) is 1.72. The number of ketones is 1. The summed E-state index contributed by atoms with van der Waals surface area (Å²) in [6.45, 7) is 1.51. The molecular weight excluding hydrogens is 219 g/mol. The molecule has 1 atom stereocenters. The van der Waals surface area contributed by atoms with E-state index in [0.29, 0.717) is 5.70 Å². The van der Waals surface area contributed by atoms with Crippen molar-refractivity contribution in [2.24, 2.45) is 10.9 Å². The van der Waals surface area contributed by atoms with E-state index >= 15 is 0 Å². The molecule has 5 heteroatoms. The Hall–Kier alpha value is -1.65. The van der Waals surface area contributed by atoms with Crippen LogP contribution in [0.15, 0.2) is 40.6 Å². The molecule has 1 heterocycles. The van der Waals surface area contributed by atoms with Crippen LogP contribution in [0.4, 0.5) is 13.2 Å². The van der Waals surface area contributed by atoms with Gasteiger partial charge in [0, 0.05) is 11.8 Å². The average Bonchev–Trinajstić information content (AvgIpc) is 2.15. The highest BCUT2D eigenvalue weighted by Gasteiger charge is 2.42. The lowest BCUT2D eigenvalue weighted by atomic mass is 9.86. The molecule has 0 aromatic rings. The van der Waals surface area contributed by atoms with Crippen molar-refractivity contribution in [3.63, 3.8) is 0 Å². The summed E-state index contributed by atoms with van der Waals surface area (Å²) >= 11 is 0. The number of rotatable bonds is 0. The van der Waals surface area contributed by atoms with E-state index in [1.165, 1.54) is 25.2 Å². The molecule has 16 heavy (non-hydrogen) atoms. The molecule has 0 radical (unpaired) electrons. The van der Waals surface area contributed by atoms with Gasteiger partial charge in [-0.2, -0.15) is 13.2 Å². The molecule has 0 amide bonds. The van der Waals surface area contributed by atoms with Crippen molar-refractivity contribution in [2.75, 3.05) is 0 Å². The molecule has 0 N–H and O–H groups in total. The van der Waals surface area contributed by atoms with Crippen molar-refractivity contribution in [2.45, 2.75) is 13.1 Å². The van der Waals surface area contributed by atoms with Crippen molar-refractivity contribution in [1.82, 2.24) is 0 Å². The monoisotopic (exact) mass is 227 g/mol. The molecule has 2 nitrogen and oxygen atoms in total. The van der Waals surface area contributed by atoms with Gasteiger partial charge in [-0.1, -0.05) is 12.2 Å². The van der Waals surface area contributed by atoms with E-state index in [-0.39, 0.29) is 11.5 Å². The lowest BCUT2D eigenvalue weighted by Crippen LogP contribution is -2.33. The number of hydrogen-bond donors (Lipinski definition) is 0. The van der Waals surface area contributed by atoms with E-state index in [1.807, 2.05) is 0 Å². The molecule has 2 rings (SSSR count). The number of nitrogens with zero attached hydrogens (tertiary/aromatic N) is 1. The first-order valence-electron chi connectivity index (χ1n) is 4.66. The normalized spacial score (nSPS) is 24.6. The molecule has 0 aromatic carbocycles. The Labute approximate surface area is 89.9 Å². The van der Waals surface area contributed by atoms with E-state index in [2.05, 4.69) is 4.99 Å². The molecule has 0 aromatic heterocycles. The second-order valence-electron chi connectivity index (χ2n) is 3.63. The van der Waals surface area contributed by atoms with Gasteiger partial charge in [0.15, 0.2) is 5.78 Å². The van der Waals surface area contributed by atoms with Crippen LogP contribution >= 0.6 is 0 Å². The minimum atomic E-state index is -4.47. The van der Waals surface area contributed by atoms with Gasteiger partial charge in [-0.15, -0.1) is 0 Å². The van der Waals surface area contributed by atoms with Crippen LogP contribution in [0.5, 0.6) is 0 Å². The zero-order valence-electron chi connectivity index (χ0n) is 8.38. The van der Waals surface area contributed by atoms with Crippen LogP contribution < -0.4 is 0 Å². The Kier molecular flexibility index (Phi) is 2.33. The minimum absolute atomic E-state index is 0.194. The summed E-state index contributed by atoms with van der Waals surface area (Å²) in [5.41, 5.74) is -0.720. The predicted molar refractivity (Wildman–Crippen MR) is 53.0 cm³/mol. The van der Waals surface area contributed by atoms with Crippen LogP contribution in [0.25, 0.3) is 0 Å². The van der Waals surface area contributed by atoms with Crippen molar-refractivity contribution >= 4 is 11.5 Å². The third kappa shape index (κ3) is 1.73. The second kappa shape index (κ2) is 3.43. The number of hydrogen-bond acceptors (Lipinski definition) is 2. The molecule has 0 saturated heterocycles. The fourth-order valence-electron chi connectivity index (χ4n) is 1.72. The summed E-state index contributed by atoms with van der Waals surface area (Å²) in [6.07, 6.45) is 0.414. The highest BCUT2D eigenvalue weighted by molar-refractivity contribution is 6.20. The van der Waals surface area contributed by atoms with Gasteiger partial charge in [0.2, 0.25) is 0 Å². The van der Waals surface area contributed by atoms with Crippen LogP contribution in [0.2, 0.25) is 0 Å². The topological polar surface area (TPSA) is 29.4 Å². The van der Waals surface area contributed by atoms with Gasteiger partial charge < -0.3 is 0 Å². The van der Waals surface area contributed by atoms with Crippen molar-refractivity contribution < 1.29 is 18.0 Å². The first kappa shape index (κ1) is 10.9. The Morgan fingerprint density at radius 2 is 2.06 bits per heavy atom. The van der Waals surface area contributed by atoms with E-state index in [9.17, 15) is 18.0 Å². The maximum atomic E-state index is 12.7. The fraction of sp³-hybridized carbons (Fsp3) is 0.273. The molecule has 0 saturated carbocycles. The van der Waals surface area contributed by atoms with E-state index in [1.54, 1.807) is 0 Å². The second-order valence-corrected chi connectivity index (χ2v) is 3.63. The number of fused-ring (bicyclic) bond motifs is 1. The Morgan fingerprint density at radius 3 is 2.69 bits per heavy atom. The van der Waals surface area contributed by atoms with Crippen molar-refractivity contribution in [1.29, 1.82) is 0 Å². The van der Waals surface area contributed by atoms with E-state index < -0.39 is 17.7 Å². The quantitative estimate of drug-likeness (QED) is 0.625. The molecule has 0 spiro atoms. The molecule has 1 aliphatic heterocycles.